The molecule has 0 radical (unpaired) electrons. The molecule has 0 N–H and O–H groups in total. The molecule has 0 amide bonds. The molecule has 3 rings (SSSR count). The predicted molar refractivity (Wildman–Crippen MR) is 74.9 cm³/mol. The van der Waals surface area contributed by atoms with Gasteiger partial charge in [-0.1, -0.05) is 24.3 Å². The zero-order chi connectivity index (χ0) is 15.7. The molecule has 0 saturated carbocycles. The Morgan fingerprint density at radius 3 is 1.82 bits per heavy atom. The average molecular weight is 303 g/mol. The van der Waals surface area contributed by atoms with Gasteiger partial charge in [0.1, 0.15) is 0 Å². The summed E-state index contributed by atoms with van der Waals surface area (Å²) in [6, 6.07) is 10.3. The Kier molecular flexibility index (Phi) is 3.63. The molecule has 0 unspecified atom stereocenters. The highest BCUT2D eigenvalue weighted by molar-refractivity contribution is 5.81. The highest BCUT2D eigenvalue weighted by Crippen LogP contribution is 2.34. The van der Waals surface area contributed by atoms with E-state index >= 15 is 0 Å². The molecule has 0 bridgehead atoms. The minimum Gasteiger partial charge on any atom is -0.255 e. The molecule has 22 heavy (non-hydrogen) atoms. The highest BCUT2D eigenvalue weighted by atomic mass is 19.2. The van der Waals surface area contributed by atoms with Crippen molar-refractivity contribution in [2.24, 2.45) is 0 Å². The summed E-state index contributed by atoms with van der Waals surface area (Å²) >= 11 is 0. The minimum atomic E-state index is -1.08. The molecule has 0 spiro atoms. The lowest BCUT2D eigenvalue weighted by Crippen LogP contribution is -1.96. The van der Waals surface area contributed by atoms with E-state index in [1.165, 1.54) is 42.6 Å². The van der Waals surface area contributed by atoms with Crippen molar-refractivity contribution in [3.8, 4) is 22.4 Å². The van der Waals surface area contributed by atoms with Gasteiger partial charge >= 0.3 is 0 Å². The zero-order valence-corrected chi connectivity index (χ0v) is 11.2. The van der Waals surface area contributed by atoms with E-state index in [0.717, 1.165) is 12.1 Å². The Morgan fingerprint density at radius 1 is 0.591 bits per heavy atom. The number of hydrogen-bond donors (Lipinski definition) is 0. The smallest absolute Gasteiger partial charge is 0.168 e. The molecule has 1 nitrogen and oxygen atoms in total. The first kappa shape index (κ1) is 14.3. The van der Waals surface area contributed by atoms with Crippen LogP contribution in [0, 0.1) is 23.3 Å². The zero-order valence-electron chi connectivity index (χ0n) is 11.2. The van der Waals surface area contributed by atoms with Crippen LogP contribution in [0.15, 0.2) is 54.7 Å². The van der Waals surface area contributed by atoms with E-state index in [-0.39, 0.29) is 22.4 Å². The van der Waals surface area contributed by atoms with Crippen molar-refractivity contribution in [2.45, 2.75) is 0 Å². The Morgan fingerprint density at radius 2 is 1.14 bits per heavy atom. The van der Waals surface area contributed by atoms with Crippen LogP contribution >= 0.6 is 0 Å². The predicted octanol–water partition coefficient (Wildman–Crippen LogP) is 4.97. The van der Waals surface area contributed by atoms with Gasteiger partial charge in [0.2, 0.25) is 0 Å². The number of rotatable bonds is 2. The summed E-state index contributed by atoms with van der Waals surface area (Å²) in [5, 5.41) is 0. The molecule has 1 aromatic heterocycles. The van der Waals surface area contributed by atoms with Gasteiger partial charge in [0, 0.05) is 22.9 Å². The van der Waals surface area contributed by atoms with Crippen LogP contribution in [0.5, 0.6) is 0 Å². The number of benzene rings is 2. The molecule has 0 fully saturated rings. The second kappa shape index (κ2) is 5.60. The molecule has 3 aromatic rings. The number of pyridine rings is 1. The van der Waals surface area contributed by atoms with Gasteiger partial charge in [-0.2, -0.15) is 0 Å². The molecule has 110 valence electrons. The van der Waals surface area contributed by atoms with E-state index in [2.05, 4.69) is 4.98 Å². The maximum Gasteiger partial charge on any atom is 0.168 e. The maximum atomic E-state index is 14.0. The normalized spacial score (nSPS) is 10.7. The van der Waals surface area contributed by atoms with E-state index in [4.69, 9.17) is 0 Å². The summed E-state index contributed by atoms with van der Waals surface area (Å²) < 4.78 is 54.8. The molecular weight excluding hydrogens is 294 g/mol. The molecule has 0 aliphatic rings. The van der Waals surface area contributed by atoms with E-state index in [9.17, 15) is 17.6 Å². The number of nitrogens with zero attached hydrogens (tertiary/aromatic N) is 1. The van der Waals surface area contributed by atoms with Crippen molar-refractivity contribution in [1.29, 1.82) is 0 Å². The van der Waals surface area contributed by atoms with Crippen LogP contribution in [0.25, 0.3) is 22.4 Å². The van der Waals surface area contributed by atoms with Gasteiger partial charge in [-0.25, -0.2) is 17.6 Å². The molecule has 0 saturated heterocycles. The third kappa shape index (κ3) is 2.35. The molecular formula is C17H9F4N. The third-order valence-corrected chi connectivity index (χ3v) is 3.26. The number of halogens is 4. The number of aromatic nitrogens is 1. The Labute approximate surface area is 123 Å². The van der Waals surface area contributed by atoms with Gasteiger partial charge in [0.25, 0.3) is 0 Å². The molecule has 0 aliphatic heterocycles. The third-order valence-electron chi connectivity index (χ3n) is 3.26. The fourth-order valence-corrected chi connectivity index (χ4v) is 2.24. The quantitative estimate of drug-likeness (QED) is 0.609. The van der Waals surface area contributed by atoms with Gasteiger partial charge < -0.3 is 0 Å². The summed E-state index contributed by atoms with van der Waals surface area (Å²) in [7, 11) is 0. The first-order valence-corrected chi connectivity index (χ1v) is 6.43. The van der Waals surface area contributed by atoms with E-state index < -0.39 is 23.3 Å². The summed E-state index contributed by atoms with van der Waals surface area (Å²) in [5.74, 6) is -4.20. The summed E-state index contributed by atoms with van der Waals surface area (Å²) in [4.78, 5) is 4.00. The summed E-state index contributed by atoms with van der Waals surface area (Å²) in [6.07, 6.45) is 1.38. The van der Waals surface area contributed by atoms with E-state index in [1.54, 1.807) is 0 Å². The van der Waals surface area contributed by atoms with Crippen molar-refractivity contribution in [3.05, 3.63) is 78.0 Å². The van der Waals surface area contributed by atoms with E-state index in [0.29, 0.717) is 0 Å². The van der Waals surface area contributed by atoms with Gasteiger partial charge in [0.05, 0.1) is 5.69 Å². The van der Waals surface area contributed by atoms with Crippen LogP contribution in [0.3, 0.4) is 0 Å². The fourth-order valence-electron chi connectivity index (χ4n) is 2.24. The Hall–Kier alpha value is -2.69. The molecule has 0 aliphatic carbocycles. The van der Waals surface area contributed by atoms with Crippen molar-refractivity contribution < 1.29 is 17.6 Å². The molecule has 2 aromatic carbocycles. The monoisotopic (exact) mass is 303 g/mol. The van der Waals surface area contributed by atoms with E-state index in [1.807, 2.05) is 0 Å². The SMILES string of the molecule is Fc1cccc(-c2cccnc2-c2cccc(F)c2F)c1F. The topological polar surface area (TPSA) is 12.9 Å². The average Bonchev–Trinajstić information content (AvgIpc) is 2.53. The first-order chi connectivity index (χ1) is 10.6. The van der Waals surface area contributed by atoms with Crippen LogP contribution in [-0.2, 0) is 0 Å². The first-order valence-electron chi connectivity index (χ1n) is 6.43. The second-order valence-corrected chi connectivity index (χ2v) is 4.60. The summed E-state index contributed by atoms with van der Waals surface area (Å²) in [6.45, 7) is 0. The standard InChI is InChI=1S/C17H9F4N/c18-13-7-1-4-10(15(13)20)11-6-3-9-22-17(11)12-5-2-8-14(19)16(12)21/h1-9H. The molecule has 5 heteroatoms. The Bertz CT molecular complexity index is 775. The Balaban J connectivity index is 2.28. The molecule has 0 atom stereocenters. The van der Waals surface area contributed by atoms with Crippen molar-refractivity contribution in [2.75, 3.05) is 0 Å². The maximum absolute atomic E-state index is 14.0. The van der Waals surface area contributed by atoms with Gasteiger partial charge in [-0.05, 0) is 24.3 Å². The number of hydrogen-bond acceptors (Lipinski definition) is 1. The lowest BCUT2D eigenvalue weighted by atomic mass is 9.98. The van der Waals surface area contributed by atoms with Crippen LogP contribution < -0.4 is 0 Å². The highest BCUT2D eigenvalue weighted by Gasteiger charge is 2.18. The lowest BCUT2D eigenvalue weighted by Gasteiger charge is -2.11. The van der Waals surface area contributed by atoms with Crippen LogP contribution in [-0.4, -0.2) is 4.98 Å². The van der Waals surface area contributed by atoms with Crippen molar-refractivity contribution >= 4 is 0 Å². The van der Waals surface area contributed by atoms with Crippen LogP contribution in [0.1, 0.15) is 0 Å². The van der Waals surface area contributed by atoms with Crippen molar-refractivity contribution in [3.63, 3.8) is 0 Å². The largest absolute Gasteiger partial charge is 0.255 e. The van der Waals surface area contributed by atoms with Gasteiger partial charge in [-0.3, -0.25) is 4.98 Å². The summed E-state index contributed by atoms with van der Waals surface area (Å²) in [5.41, 5.74) is 0.0547. The molecule has 1 heterocycles. The second-order valence-electron chi connectivity index (χ2n) is 4.60. The van der Waals surface area contributed by atoms with Crippen molar-refractivity contribution in [1.82, 2.24) is 4.98 Å². The van der Waals surface area contributed by atoms with Crippen LogP contribution in [0.2, 0.25) is 0 Å². The minimum absolute atomic E-state index is 0.0454. The van der Waals surface area contributed by atoms with Gasteiger partial charge in [-0.15, -0.1) is 0 Å². The fraction of sp³-hybridized carbons (Fsp3) is 0. The lowest BCUT2D eigenvalue weighted by molar-refractivity contribution is 0.510. The van der Waals surface area contributed by atoms with Crippen LogP contribution in [0.4, 0.5) is 17.6 Å². The van der Waals surface area contributed by atoms with Gasteiger partial charge in [0.15, 0.2) is 23.3 Å².